The predicted octanol–water partition coefficient (Wildman–Crippen LogP) is 0.457. The average Bonchev–Trinajstić information content (AvgIpc) is 2.74. The van der Waals surface area contributed by atoms with Gasteiger partial charge in [-0.25, -0.2) is 15.8 Å². The highest BCUT2D eigenvalue weighted by Crippen LogP contribution is 2.31. The third-order valence-corrected chi connectivity index (χ3v) is 3.04. The van der Waals surface area contributed by atoms with Crippen LogP contribution < -0.4 is 16.2 Å². The van der Waals surface area contributed by atoms with Crippen LogP contribution in [0.2, 0.25) is 0 Å². The Bertz CT molecular complexity index is 395. The van der Waals surface area contributed by atoms with E-state index in [4.69, 9.17) is 5.84 Å². The summed E-state index contributed by atoms with van der Waals surface area (Å²) in [5.41, 5.74) is 3.62. The van der Waals surface area contributed by atoms with Crippen LogP contribution in [-0.2, 0) is 0 Å². The molecule has 17 heavy (non-hydrogen) atoms. The van der Waals surface area contributed by atoms with Gasteiger partial charge >= 0.3 is 0 Å². The van der Waals surface area contributed by atoms with Gasteiger partial charge in [-0.1, -0.05) is 13.8 Å². The first-order chi connectivity index (χ1) is 8.13. The minimum absolute atomic E-state index is 0.265. The summed E-state index contributed by atoms with van der Waals surface area (Å²) < 4.78 is 0. The third kappa shape index (κ3) is 2.32. The number of nitrogens with zero attached hydrogens (tertiary/aromatic N) is 3. The molecule has 0 bridgehead atoms. The molecule has 0 aliphatic carbocycles. The van der Waals surface area contributed by atoms with E-state index in [2.05, 4.69) is 34.1 Å². The van der Waals surface area contributed by atoms with Gasteiger partial charge < -0.3 is 15.4 Å². The number of rotatable bonds is 3. The number of hydrogen-bond acceptors (Lipinski definition) is 6. The molecule has 1 saturated heterocycles. The first-order valence-electron chi connectivity index (χ1n) is 5.88. The Labute approximate surface area is 101 Å². The number of hydrogen-bond donors (Lipinski definition) is 3. The Morgan fingerprint density at radius 3 is 2.82 bits per heavy atom. The van der Waals surface area contributed by atoms with Crippen LogP contribution >= 0.6 is 0 Å². The van der Waals surface area contributed by atoms with Gasteiger partial charge in [0.05, 0.1) is 6.10 Å². The Kier molecular flexibility index (Phi) is 3.44. The van der Waals surface area contributed by atoms with E-state index < -0.39 is 0 Å². The molecule has 6 nitrogen and oxygen atoms in total. The van der Waals surface area contributed by atoms with E-state index in [1.54, 1.807) is 0 Å². The van der Waals surface area contributed by atoms with Crippen molar-refractivity contribution in [2.24, 2.45) is 5.84 Å². The van der Waals surface area contributed by atoms with E-state index in [1.807, 2.05) is 0 Å². The highest BCUT2D eigenvalue weighted by atomic mass is 16.3. The normalized spacial score (nSPS) is 20.1. The van der Waals surface area contributed by atoms with Gasteiger partial charge in [0, 0.05) is 18.7 Å². The molecule has 1 aromatic rings. The smallest absolute Gasteiger partial charge is 0.148 e. The highest BCUT2D eigenvalue weighted by molar-refractivity contribution is 5.60. The SMILES string of the molecule is CC(C)c1c(NN)ncnc1N1CCC(O)C1. The summed E-state index contributed by atoms with van der Waals surface area (Å²) in [6.45, 7) is 5.60. The minimum Gasteiger partial charge on any atom is -0.391 e. The minimum atomic E-state index is -0.265. The van der Waals surface area contributed by atoms with Crippen molar-refractivity contribution in [3.63, 3.8) is 0 Å². The van der Waals surface area contributed by atoms with Crippen LogP contribution in [0.3, 0.4) is 0 Å². The Morgan fingerprint density at radius 1 is 1.53 bits per heavy atom. The summed E-state index contributed by atoms with van der Waals surface area (Å²) in [6.07, 6.45) is 2.02. The highest BCUT2D eigenvalue weighted by Gasteiger charge is 2.25. The van der Waals surface area contributed by atoms with Crippen LogP contribution in [0.4, 0.5) is 11.6 Å². The van der Waals surface area contributed by atoms with Gasteiger partial charge in [0.25, 0.3) is 0 Å². The van der Waals surface area contributed by atoms with E-state index in [1.165, 1.54) is 6.33 Å². The molecule has 0 spiro atoms. The fourth-order valence-electron chi connectivity index (χ4n) is 2.22. The number of aromatic nitrogens is 2. The van der Waals surface area contributed by atoms with Gasteiger partial charge in [-0.2, -0.15) is 0 Å². The van der Waals surface area contributed by atoms with Crippen LogP contribution in [0.1, 0.15) is 31.7 Å². The largest absolute Gasteiger partial charge is 0.391 e. The zero-order valence-electron chi connectivity index (χ0n) is 10.2. The molecule has 0 amide bonds. The van der Waals surface area contributed by atoms with Crippen molar-refractivity contribution in [1.29, 1.82) is 0 Å². The number of anilines is 2. The zero-order valence-corrected chi connectivity index (χ0v) is 10.2. The lowest BCUT2D eigenvalue weighted by molar-refractivity contribution is 0.198. The monoisotopic (exact) mass is 237 g/mol. The van der Waals surface area contributed by atoms with Gasteiger partial charge in [-0.3, -0.25) is 0 Å². The lowest BCUT2D eigenvalue weighted by Gasteiger charge is -2.23. The summed E-state index contributed by atoms with van der Waals surface area (Å²) in [5.74, 6) is 7.28. The van der Waals surface area contributed by atoms with Crippen molar-refractivity contribution in [2.75, 3.05) is 23.4 Å². The van der Waals surface area contributed by atoms with E-state index >= 15 is 0 Å². The zero-order chi connectivity index (χ0) is 12.4. The van der Waals surface area contributed by atoms with Gasteiger partial charge in [0.1, 0.15) is 18.0 Å². The molecule has 1 unspecified atom stereocenters. The molecule has 0 saturated carbocycles. The molecule has 0 aromatic carbocycles. The van der Waals surface area contributed by atoms with Gasteiger partial charge in [0.2, 0.25) is 0 Å². The topological polar surface area (TPSA) is 87.3 Å². The second kappa shape index (κ2) is 4.85. The van der Waals surface area contributed by atoms with E-state index in [9.17, 15) is 5.11 Å². The maximum atomic E-state index is 9.59. The summed E-state index contributed by atoms with van der Waals surface area (Å²) in [4.78, 5) is 10.6. The van der Waals surface area contributed by atoms with Crippen molar-refractivity contribution in [3.8, 4) is 0 Å². The second-order valence-corrected chi connectivity index (χ2v) is 4.65. The third-order valence-electron chi connectivity index (χ3n) is 3.04. The molecule has 0 radical (unpaired) electrons. The summed E-state index contributed by atoms with van der Waals surface area (Å²) in [6, 6.07) is 0. The predicted molar refractivity (Wildman–Crippen MR) is 66.8 cm³/mol. The standard InChI is InChI=1S/C11H19N5O/c1-7(2)9-10(15-12)13-6-14-11(9)16-4-3-8(17)5-16/h6-8,17H,3-5,12H2,1-2H3,(H,13,14,15). The number of nitrogen functional groups attached to an aromatic ring is 1. The van der Waals surface area contributed by atoms with Crippen molar-refractivity contribution in [2.45, 2.75) is 32.3 Å². The van der Waals surface area contributed by atoms with Gasteiger partial charge in [-0.15, -0.1) is 0 Å². The fourth-order valence-corrected chi connectivity index (χ4v) is 2.22. The fraction of sp³-hybridized carbons (Fsp3) is 0.636. The van der Waals surface area contributed by atoms with Crippen LogP contribution in [0, 0.1) is 0 Å². The number of nitrogens with two attached hydrogens (primary N) is 1. The van der Waals surface area contributed by atoms with Crippen LogP contribution in [0.15, 0.2) is 6.33 Å². The van der Waals surface area contributed by atoms with E-state index in [0.29, 0.717) is 12.4 Å². The summed E-state index contributed by atoms with van der Waals surface area (Å²) in [7, 11) is 0. The van der Waals surface area contributed by atoms with Crippen molar-refractivity contribution < 1.29 is 5.11 Å². The molecule has 1 fully saturated rings. The molecule has 2 heterocycles. The molecular weight excluding hydrogens is 218 g/mol. The van der Waals surface area contributed by atoms with Crippen LogP contribution in [0.5, 0.6) is 0 Å². The maximum absolute atomic E-state index is 9.59. The summed E-state index contributed by atoms with van der Waals surface area (Å²) >= 11 is 0. The Morgan fingerprint density at radius 2 is 2.29 bits per heavy atom. The number of β-amino-alcohol motifs (C(OH)–C–C–N with tert-alkyl or cyclic N) is 1. The molecule has 1 atom stereocenters. The average molecular weight is 237 g/mol. The molecule has 1 aromatic heterocycles. The molecule has 94 valence electrons. The van der Waals surface area contributed by atoms with E-state index in [0.717, 1.165) is 24.3 Å². The van der Waals surface area contributed by atoms with Crippen molar-refractivity contribution in [1.82, 2.24) is 9.97 Å². The second-order valence-electron chi connectivity index (χ2n) is 4.65. The first kappa shape index (κ1) is 12.1. The molecule has 1 aliphatic rings. The van der Waals surface area contributed by atoms with Gasteiger partial charge in [-0.05, 0) is 12.3 Å². The summed E-state index contributed by atoms with van der Waals surface area (Å²) in [5, 5.41) is 9.59. The maximum Gasteiger partial charge on any atom is 0.148 e. The lowest BCUT2D eigenvalue weighted by Crippen LogP contribution is -2.25. The van der Waals surface area contributed by atoms with Crippen LogP contribution in [-0.4, -0.2) is 34.3 Å². The lowest BCUT2D eigenvalue weighted by atomic mass is 10.0. The van der Waals surface area contributed by atoms with Crippen molar-refractivity contribution >= 4 is 11.6 Å². The number of aliphatic hydroxyl groups excluding tert-OH is 1. The van der Waals surface area contributed by atoms with Crippen molar-refractivity contribution in [3.05, 3.63) is 11.9 Å². The van der Waals surface area contributed by atoms with Crippen LogP contribution in [0.25, 0.3) is 0 Å². The molecule has 6 heteroatoms. The number of nitrogens with one attached hydrogen (secondary N) is 1. The molecular formula is C11H19N5O. The quantitative estimate of drug-likeness (QED) is 0.523. The van der Waals surface area contributed by atoms with E-state index in [-0.39, 0.29) is 12.0 Å². The number of aliphatic hydroxyl groups is 1. The molecule has 1 aliphatic heterocycles. The Balaban J connectivity index is 2.39. The molecule has 2 rings (SSSR count). The number of hydrazine groups is 1. The first-order valence-corrected chi connectivity index (χ1v) is 5.88. The Hall–Kier alpha value is -1.40. The van der Waals surface area contributed by atoms with Gasteiger partial charge in [0.15, 0.2) is 0 Å². The molecule has 4 N–H and O–H groups in total.